The normalized spacial score (nSPS) is 12.4. The molecule has 2 aromatic carbocycles. The Bertz CT molecular complexity index is 614. The molecule has 0 amide bonds. The highest BCUT2D eigenvalue weighted by Crippen LogP contribution is 2.31. The van der Waals surface area contributed by atoms with E-state index in [-0.39, 0.29) is 5.56 Å². The van der Waals surface area contributed by atoms with Gasteiger partial charge in [-0.15, -0.1) is 0 Å². The lowest BCUT2D eigenvalue weighted by Crippen LogP contribution is -2.23. The van der Waals surface area contributed by atoms with Gasteiger partial charge in [-0.05, 0) is 36.4 Å². The maximum atomic E-state index is 13.9. The van der Waals surface area contributed by atoms with Crippen LogP contribution in [0.25, 0.3) is 0 Å². The summed E-state index contributed by atoms with van der Waals surface area (Å²) in [6, 6.07) is 7.02. The van der Waals surface area contributed by atoms with Gasteiger partial charge in [-0.1, -0.05) is 30.7 Å². The Morgan fingerprint density at radius 3 is 2.55 bits per heavy atom. The summed E-state index contributed by atoms with van der Waals surface area (Å²) in [6.45, 7) is 2.31. The highest BCUT2D eigenvalue weighted by Gasteiger charge is 2.21. The molecule has 0 radical (unpaired) electrons. The van der Waals surface area contributed by atoms with Crippen molar-refractivity contribution in [2.75, 3.05) is 6.54 Å². The van der Waals surface area contributed by atoms with Crippen molar-refractivity contribution in [2.24, 2.45) is 0 Å². The second-order valence-electron chi connectivity index (χ2n) is 4.30. The zero-order valence-electron chi connectivity index (χ0n) is 10.8. The Labute approximate surface area is 120 Å². The molecule has 1 atom stereocenters. The number of halogens is 4. The smallest absolute Gasteiger partial charge is 0.163 e. The van der Waals surface area contributed by atoms with Crippen LogP contribution in [0.15, 0.2) is 36.4 Å². The van der Waals surface area contributed by atoms with E-state index >= 15 is 0 Å². The van der Waals surface area contributed by atoms with E-state index in [0.717, 1.165) is 6.07 Å². The lowest BCUT2D eigenvalue weighted by atomic mass is 9.97. The first-order chi connectivity index (χ1) is 9.54. The molecule has 5 heteroatoms. The summed E-state index contributed by atoms with van der Waals surface area (Å²) in [4.78, 5) is 0. The van der Waals surface area contributed by atoms with E-state index in [1.807, 2.05) is 6.92 Å². The first kappa shape index (κ1) is 14.9. The summed E-state index contributed by atoms with van der Waals surface area (Å²) in [5, 5.41) is 3.29. The Kier molecular flexibility index (Phi) is 4.68. The van der Waals surface area contributed by atoms with E-state index in [1.165, 1.54) is 30.3 Å². The molecule has 2 aromatic rings. The standard InChI is InChI=1S/C15H13ClF3N/c1-2-20-15(10-4-3-5-13(18)14(10)19)11-8-9(17)6-7-12(11)16/h3-8,15,20H,2H2,1H3. The van der Waals surface area contributed by atoms with Crippen LogP contribution in [0.2, 0.25) is 5.02 Å². The number of hydrogen-bond donors (Lipinski definition) is 1. The van der Waals surface area contributed by atoms with E-state index in [1.54, 1.807) is 0 Å². The number of hydrogen-bond acceptors (Lipinski definition) is 1. The van der Waals surface area contributed by atoms with E-state index in [4.69, 9.17) is 11.6 Å². The van der Waals surface area contributed by atoms with Gasteiger partial charge in [-0.3, -0.25) is 0 Å². The maximum absolute atomic E-state index is 13.9. The summed E-state index contributed by atoms with van der Waals surface area (Å²) in [5.74, 6) is -2.39. The van der Waals surface area contributed by atoms with E-state index in [0.29, 0.717) is 17.1 Å². The molecule has 106 valence electrons. The molecule has 0 aliphatic heterocycles. The molecule has 1 N–H and O–H groups in total. The molecule has 2 rings (SSSR count). The maximum Gasteiger partial charge on any atom is 0.163 e. The first-order valence-electron chi connectivity index (χ1n) is 6.16. The van der Waals surface area contributed by atoms with Crippen molar-refractivity contribution in [3.05, 3.63) is 70.0 Å². The van der Waals surface area contributed by atoms with Crippen molar-refractivity contribution >= 4 is 11.6 Å². The molecule has 0 fully saturated rings. The molecule has 1 unspecified atom stereocenters. The van der Waals surface area contributed by atoms with Crippen LogP contribution in [0.4, 0.5) is 13.2 Å². The number of nitrogens with one attached hydrogen (secondary N) is 1. The van der Waals surface area contributed by atoms with Crippen molar-refractivity contribution in [1.82, 2.24) is 5.32 Å². The second-order valence-corrected chi connectivity index (χ2v) is 4.71. The summed E-state index contributed by atoms with van der Waals surface area (Å²) < 4.78 is 40.7. The monoisotopic (exact) mass is 299 g/mol. The van der Waals surface area contributed by atoms with Gasteiger partial charge in [0.25, 0.3) is 0 Å². The van der Waals surface area contributed by atoms with Crippen LogP contribution in [-0.4, -0.2) is 6.54 Å². The minimum atomic E-state index is -0.959. The third-order valence-electron chi connectivity index (χ3n) is 2.97. The van der Waals surface area contributed by atoms with E-state index in [9.17, 15) is 13.2 Å². The quantitative estimate of drug-likeness (QED) is 0.879. The molecular formula is C15H13ClF3N. The van der Waals surface area contributed by atoms with Gasteiger partial charge in [0.05, 0.1) is 6.04 Å². The highest BCUT2D eigenvalue weighted by atomic mass is 35.5. The lowest BCUT2D eigenvalue weighted by Gasteiger charge is -2.21. The van der Waals surface area contributed by atoms with Gasteiger partial charge >= 0.3 is 0 Å². The summed E-state index contributed by atoms with van der Waals surface area (Å²) in [6.07, 6.45) is 0. The van der Waals surface area contributed by atoms with Crippen molar-refractivity contribution in [2.45, 2.75) is 13.0 Å². The molecular weight excluding hydrogens is 287 g/mol. The molecule has 0 aliphatic carbocycles. The Balaban J connectivity index is 2.56. The van der Waals surface area contributed by atoms with Crippen LogP contribution >= 0.6 is 11.6 Å². The predicted molar refractivity (Wildman–Crippen MR) is 73.3 cm³/mol. The lowest BCUT2D eigenvalue weighted by molar-refractivity contribution is 0.482. The van der Waals surface area contributed by atoms with Gasteiger partial charge in [0.15, 0.2) is 11.6 Å². The highest BCUT2D eigenvalue weighted by molar-refractivity contribution is 6.31. The zero-order valence-corrected chi connectivity index (χ0v) is 11.5. The molecule has 0 aromatic heterocycles. The molecule has 0 saturated heterocycles. The van der Waals surface area contributed by atoms with Crippen molar-refractivity contribution in [3.8, 4) is 0 Å². The van der Waals surface area contributed by atoms with E-state index in [2.05, 4.69) is 5.32 Å². The average molecular weight is 300 g/mol. The van der Waals surface area contributed by atoms with Crippen LogP contribution in [0.1, 0.15) is 24.1 Å². The third kappa shape index (κ3) is 2.97. The van der Waals surface area contributed by atoms with Crippen molar-refractivity contribution < 1.29 is 13.2 Å². The predicted octanol–water partition coefficient (Wildman–Crippen LogP) is 4.46. The minimum Gasteiger partial charge on any atom is -0.306 e. The molecule has 0 bridgehead atoms. The van der Waals surface area contributed by atoms with Crippen LogP contribution in [0.3, 0.4) is 0 Å². The fourth-order valence-electron chi connectivity index (χ4n) is 2.07. The SMILES string of the molecule is CCNC(c1cc(F)ccc1Cl)c1cccc(F)c1F. The van der Waals surface area contributed by atoms with Crippen LogP contribution in [-0.2, 0) is 0 Å². The van der Waals surface area contributed by atoms with Crippen LogP contribution in [0, 0.1) is 17.5 Å². The van der Waals surface area contributed by atoms with Gasteiger partial charge in [-0.25, -0.2) is 13.2 Å². The molecule has 0 aliphatic rings. The molecule has 0 saturated carbocycles. The Morgan fingerprint density at radius 2 is 1.85 bits per heavy atom. The van der Waals surface area contributed by atoms with Gasteiger partial charge in [0.2, 0.25) is 0 Å². The van der Waals surface area contributed by atoms with E-state index < -0.39 is 23.5 Å². The van der Waals surface area contributed by atoms with Gasteiger partial charge in [0, 0.05) is 10.6 Å². The Hall–Kier alpha value is -1.52. The average Bonchev–Trinajstić information content (AvgIpc) is 2.43. The first-order valence-corrected chi connectivity index (χ1v) is 6.54. The van der Waals surface area contributed by atoms with Gasteiger partial charge < -0.3 is 5.32 Å². The molecule has 20 heavy (non-hydrogen) atoms. The summed E-state index contributed by atoms with van der Waals surface area (Å²) in [7, 11) is 0. The molecule has 1 nitrogen and oxygen atoms in total. The van der Waals surface area contributed by atoms with Crippen LogP contribution < -0.4 is 5.32 Å². The summed E-state index contributed by atoms with van der Waals surface area (Å²) >= 11 is 6.05. The fourth-order valence-corrected chi connectivity index (χ4v) is 2.30. The molecule has 0 heterocycles. The van der Waals surface area contributed by atoms with Crippen LogP contribution in [0.5, 0.6) is 0 Å². The number of benzene rings is 2. The minimum absolute atomic E-state index is 0.0966. The Morgan fingerprint density at radius 1 is 1.10 bits per heavy atom. The molecule has 0 spiro atoms. The third-order valence-corrected chi connectivity index (χ3v) is 3.31. The topological polar surface area (TPSA) is 12.0 Å². The van der Waals surface area contributed by atoms with Crippen molar-refractivity contribution in [3.63, 3.8) is 0 Å². The summed E-state index contributed by atoms with van der Waals surface area (Å²) in [5.41, 5.74) is 0.470. The second kappa shape index (κ2) is 6.29. The largest absolute Gasteiger partial charge is 0.306 e. The van der Waals surface area contributed by atoms with Crippen molar-refractivity contribution in [1.29, 1.82) is 0 Å². The zero-order chi connectivity index (χ0) is 14.7. The van der Waals surface area contributed by atoms with Gasteiger partial charge in [-0.2, -0.15) is 0 Å². The van der Waals surface area contributed by atoms with Gasteiger partial charge in [0.1, 0.15) is 5.82 Å². The number of rotatable bonds is 4. The fraction of sp³-hybridized carbons (Fsp3) is 0.200.